The Bertz CT molecular complexity index is 1150. The van der Waals surface area contributed by atoms with E-state index in [1.54, 1.807) is 49.6 Å². The van der Waals surface area contributed by atoms with E-state index in [0.29, 0.717) is 29.2 Å². The number of fused-ring (bicyclic) bond motifs is 1. The molecular formula is C20H15N3O5S. The van der Waals surface area contributed by atoms with Gasteiger partial charge in [-0.2, -0.15) is 0 Å². The van der Waals surface area contributed by atoms with E-state index in [0.717, 1.165) is 22.8 Å². The van der Waals surface area contributed by atoms with E-state index in [2.05, 4.69) is 15.6 Å². The van der Waals surface area contributed by atoms with E-state index in [9.17, 15) is 14.4 Å². The first-order valence-electron chi connectivity index (χ1n) is 8.70. The number of amides is 2. The van der Waals surface area contributed by atoms with Gasteiger partial charge in [0.05, 0.1) is 23.3 Å². The van der Waals surface area contributed by atoms with Crippen LogP contribution in [0.2, 0.25) is 0 Å². The number of rotatable bonds is 5. The lowest BCUT2D eigenvalue weighted by Crippen LogP contribution is -2.17. The highest BCUT2D eigenvalue weighted by Gasteiger charge is 2.25. The van der Waals surface area contributed by atoms with Crippen LogP contribution in [0.5, 0.6) is 0 Å². The molecule has 1 aromatic carbocycles. The summed E-state index contributed by atoms with van der Waals surface area (Å²) >= 11 is 0.825. The molecule has 1 fully saturated rings. The highest BCUT2D eigenvalue weighted by atomic mass is 32.2. The number of furan rings is 1. The number of benzene rings is 1. The monoisotopic (exact) mass is 409 g/mol. The van der Waals surface area contributed by atoms with E-state index in [4.69, 9.17) is 9.15 Å². The zero-order chi connectivity index (χ0) is 20.4. The minimum atomic E-state index is -0.446. The van der Waals surface area contributed by atoms with Crippen molar-refractivity contribution < 1.29 is 23.5 Å². The summed E-state index contributed by atoms with van der Waals surface area (Å²) in [5.41, 5.74) is 2.37. The summed E-state index contributed by atoms with van der Waals surface area (Å²) in [6, 6.07) is 8.57. The molecule has 8 nitrogen and oxygen atoms in total. The van der Waals surface area contributed by atoms with Crippen LogP contribution in [-0.2, 0) is 9.53 Å². The van der Waals surface area contributed by atoms with Crippen molar-refractivity contribution in [3.63, 3.8) is 0 Å². The van der Waals surface area contributed by atoms with Crippen molar-refractivity contribution in [1.82, 2.24) is 10.3 Å². The van der Waals surface area contributed by atoms with Gasteiger partial charge in [-0.3, -0.25) is 19.9 Å². The first kappa shape index (κ1) is 18.8. The lowest BCUT2D eigenvalue weighted by atomic mass is 10.2. The van der Waals surface area contributed by atoms with Gasteiger partial charge in [0.15, 0.2) is 5.58 Å². The van der Waals surface area contributed by atoms with Gasteiger partial charge in [0.1, 0.15) is 11.4 Å². The second-order valence-electron chi connectivity index (χ2n) is 6.03. The molecule has 0 saturated carbocycles. The van der Waals surface area contributed by atoms with Crippen LogP contribution < -0.4 is 10.6 Å². The minimum Gasteiger partial charge on any atom is -0.462 e. The number of anilines is 2. The van der Waals surface area contributed by atoms with Crippen molar-refractivity contribution in [1.29, 1.82) is 0 Å². The highest BCUT2D eigenvalue weighted by molar-refractivity contribution is 8.18. The fourth-order valence-electron chi connectivity index (χ4n) is 2.75. The maximum Gasteiger partial charge on any atom is 0.338 e. The SMILES string of the molecule is CCOC(=O)c1ccc(Nc2cncc3cc(/C=C4\SC(=O)NC4=O)oc23)cc1. The lowest BCUT2D eigenvalue weighted by Gasteiger charge is -2.07. The topological polar surface area (TPSA) is 111 Å². The first-order chi connectivity index (χ1) is 14.0. The van der Waals surface area contributed by atoms with Gasteiger partial charge in [-0.1, -0.05) is 0 Å². The summed E-state index contributed by atoms with van der Waals surface area (Å²) in [7, 11) is 0. The number of ether oxygens (including phenoxy) is 1. The van der Waals surface area contributed by atoms with Crippen LogP contribution in [0.1, 0.15) is 23.0 Å². The van der Waals surface area contributed by atoms with Crippen molar-refractivity contribution in [2.24, 2.45) is 0 Å². The molecule has 1 saturated heterocycles. The standard InChI is InChI=1S/C20H15N3O5S/c1-2-27-19(25)11-3-5-13(6-4-11)22-15-10-21-9-12-7-14(28-17(12)15)8-16-18(24)23-20(26)29-16/h3-10,22H,2H2,1H3,(H,23,24,26)/b16-8-. The zero-order valence-electron chi connectivity index (χ0n) is 15.2. The third-order valence-corrected chi connectivity index (χ3v) is 4.84. The van der Waals surface area contributed by atoms with Crippen LogP contribution in [0.25, 0.3) is 17.0 Å². The number of nitrogens with one attached hydrogen (secondary N) is 2. The fraction of sp³-hybridized carbons (Fsp3) is 0.100. The van der Waals surface area contributed by atoms with E-state index in [-0.39, 0.29) is 10.9 Å². The van der Waals surface area contributed by atoms with Gasteiger partial charge in [0.2, 0.25) is 0 Å². The molecule has 9 heteroatoms. The maximum absolute atomic E-state index is 11.8. The third kappa shape index (κ3) is 3.99. The first-order valence-corrected chi connectivity index (χ1v) is 9.52. The summed E-state index contributed by atoms with van der Waals surface area (Å²) in [6.45, 7) is 2.07. The van der Waals surface area contributed by atoms with Crippen molar-refractivity contribution >= 4 is 57.3 Å². The smallest absolute Gasteiger partial charge is 0.338 e. The predicted molar refractivity (Wildman–Crippen MR) is 109 cm³/mol. The molecule has 2 aromatic heterocycles. The molecule has 1 aliphatic heterocycles. The lowest BCUT2D eigenvalue weighted by molar-refractivity contribution is -0.115. The number of carbonyl (C=O) groups is 3. The third-order valence-electron chi connectivity index (χ3n) is 4.03. The number of carbonyl (C=O) groups excluding carboxylic acids is 3. The van der Waals surface area contributed by atoms with Gasteiger partial charge >= 0.3 is 5.97 Å². The zero-order valence-corrected chi connectivity index (χ0v) is 16.0. The average molecular weight is 409 g/mol. The van der Waals surface area contributed by atoms with Crippen LogP contribution in [0.15, 0.2) is 52.0 Å². The van der Waals surface area contributed by atoms with Crippen LogP contribution >= 0.6 is 11.8 Å². The van der Waals surface area contributed by atoms with Gasteiger partial charge < -0.3 is 14.5 Å². The Kier molecular flexibility index (Phi) is 5.05. The molecule has 0 bridgehead atoms. The quantitative estimate of drug-likeness (QED) is 0.479. The number of imide groups is 1. The predicted octanol–water partition coefficient (Wildman–Crippen LogP) is 4.07. The Labute approximate surface area is 169 Å². The van der Waals surface area contributed by atoms with Gasteiger partial charge in [-0.05, 0) is 49.0 Å². The fourth-order valence-corrected chi connectivity index (χ4v) is 3.41. The van der Waals surface area contributed by atoms with Gasteiger partial charge in [-0.15, -0.1) is 0 Å². The van der Waals surface area contributed by atoms with Crippen LogP contribution in [0.4, 0.5) is 16.2 Å². The molecule has 3 heterocycles. The van der Waals surface area contributed by atoms with Gasteiger partial charge in [-0.25, -0.2) is 4.79 Å². The summed E-state index contributed by atoms with van der Waals surface area (Å²) in [6.07, 6.45) is 4.77. The average Bonchev–Trinajstić information content (AvgIpc) is 3.25. The van der Waals surface area contributed by atoms with Crippen LogP contribution in [0.3, 0.4) is 0 Å². The molecule has 0 atom stereocenters. The molecule has 146 valence electrons. The molecule has 0 unspecified atom stereocenters. The molecule has 0 aliphatic carbocycles. The number of hydrogen-bond acceptors (Lipinski definition) is 8. The van der Waals surface area contributed by atoms with Gasteiger partial charge in [0, 0.05) is 23.3 Å². The van der Waals surface area contributed by atoms with Crippen molar-refractivity contribution in [2.75, 3.05) is 11.9 Å². The van der Waals surface area contributed by atoms with E-state index >= 15 is 0 Å². The number of aromatic nitrogens is 1. The number of thioether (sulfide) groups is 1. The number of pyridine rings is 1. The Morgan fingerprint density at radius 3 is 2.76 bits per heavy atom. The number of hydrogen-bond donors (Lipinski definition) is 2. The molecule has 2 N–H and O–H groups in total. The molecule has 4 rings (SSSR count). The normalized spacial score (nSPS) is 15.0. The molecule has 0 spiro atoms. The highest BCUT2D eigenvalue weighted by Crippen LogP contribution is 2.31. The molecular weight excluding hydrogens is 394 g/mol. The summed E-state index contributed by atoms with van der Waals surface area (Å²) < 4.78 is 10.8. The summed E-state index contributed by atoms with van der Waals surface area (Å²) in [4.78, 5) is 39.2. The summed E-state index contributed by atoms with van der Waals surface area (Å²) in [5, 5.41) is 5.73. The van der Waals surface area contributed by atoms with Crippen molar-refractivity contribution in [3.8, 4) is 0 Å². The minimum absolute atomic E-state index is 0.270. The van der Waals surface area contributed by atoms with E-state index in [1.807, 2.05) is 0 Å². The Hall–Kier alpha value is -3.59. The van der Waals surface area contributed by atoms with E-state index in [1.165, 1.54) is 6.08 Å². The van der Waals surface area contributed by atoms with Crippen LogP contribution in [-0.4, -0.2) is 28.7 Å². The molecule has 29 heavy (non-hydrogen) atoms. The molecule has 0 radical (unpaired) electrons. The van der Waals surface area contributed by atoms with Crippen molar-refractivity contribution in [3.05, 3.63) is 59.0 Å². The van der Waals surface area contributed by atoms with Crippen molar-refractivity contribution in [2.45, 2.75) is 6.92 Å². The molecule has 1 aliphatic rings. The number of nitrogens with zero attached hydrogens (tertiary/aromatic N) is 1. The van der Waals surface area contributed by atoms with Crippen LogP contribution in [0, 0.1) is 0 Å². The van der Waals surface area contributed by atoms with Gasteiger partial charge in [0.25, 0.3) is 11.1 Å². The molecule has 3 aromatic rings. The second kappa shape index (κ2) is 7.80. The maximum atomic E-state index is 11.8. The molecule has 2 amide bonds. The Balaban J connectivity index is 1.59. The summed E-state index contributed by atoms with van der Waals surface area (Å²) in [5.74, 6) is -0.390. The number of esters is 1. The second-order valence-corrected chi connectivity index (χ2v) is 7.04. The van der Waals surface area contributed by atoms with E-state index < -0.39 is 11.1 Å². The Morgan fingerprint density at radius 2 is 2.07 bits per heavy atom. The Morgan fingerprint density at radius 1 is 1.28 bits per heavy atom. The largest absolute Gasteiger partial charge is 0.462 e.